The fraction of sp³-hybridized carbons (Fsp3) is 0.125. The monoisotopic (exact) mass is 575 g/mol. The number of hydrogen-bond acceptors (Lipinski definition) is 3. The van der Waals surface area contributed by atoms with Crippen LogP contribution in [0.15, 0.2) is 78.9 Å². The number of rotatable bonds is 6. The molecule has 3 aromatic carbocycles. The number of halogens is 2. The van der Waals surface area contributed by atoms with Gasteiger partial charge < -0.3 is 10.2 Å². The second-order valence-electron chi connectivity index (χ2n) is 7.29. The summed E-state index contributed by atoms with van der Waals surface area (Å²) >= 11 is 14.3. The Morgan fingerprint density at radius 1 is 1.00 bits per heavy atom. The summed E-state index contributed by atoms with van der Waals surface area (Å²) in [6, 6.07) is 23.4. The van der Waals surface area contributed by atoms with Gasteiger partial charge in [-0.25, -0.2) is 0 Å². The Labute approximate surface area is 210 Å². The van der Waals surface area contributed by atoms with E-state index in [1.54, 1.807) is 11.0 Å². The topological polar surface area (TPSA) is 52.7 Å². The van der Waals surface area contributed by atoms with E-state index in [-0.39, 0.29) is 18.2 Å². The van der Waals surface area contributed by atoms with Crippen molar-refractivity contribution in [3.8, 4) is 0 Å². The zero-order chi connectivity index (χ0) is 22.7. The van der Waals surface area contributed by atoms with Crippen LogP contribution in [0.25, 0.3) is 0 Å². The maximum atomic E-state index is 13.4. The van der Waals surface area contributed by atoms with Gasteiger partial charge in [-0.3, -0.25) is 14.5 Å². The quantitative estimate of drug-likeness (QED) is 0.313. The number of nitrogens with zero attached hydrogens (tertiary/aromatic N) is 2. The molecule has 0 saturated carbocycles. The van der Waals surface area contributed by atoms with Gasteiger partial charge in [0.1, 0.15) is 6.04 Å². The highest BCUT2D eigenvalue weighted by Crippen LogP contribution is 2.30. The molecule has 1 saturated heterocycles. The van der Waals surface area contributed by atoms with Crippen LogP contribution in [-0.2, 0) is 16.1 Å². The summed E-state index contributed by atoms with van der Waals surface area (Å²) in [6.07, 6.45) is -0.0290. The number of anilines is 2. The molecule has 2 amide bonds. The number of thiocarbonyl (C=S) groups is 1. The number of amides is 2. The average Bonchev–Trinajstić information content (AvgIpc) is 3.01. The lowest BCUT2D eigenvalue weighted by atomic mass is 10.1. The van der Waals surface area contributed by atoms with Crippen molar-refractivity contribution in [2.75, 3.05) is 10.2 Å². The van der Waals surface area contributed by atoms with Gasteiger partial charge in [-0.1, -0.05) is 48.0 Å². The Kier molecular flexibility index (Phi) is 7.07. The van der Waals surface area contributed by atoms with E-state index in [4.69, 9.17) is 23.8 Å². The molecule has 32 heavy (non-hydrogen) atoms. The summed E-state index contributed by atoms with van der Waals surface area (Å²) in [6.45, 7) is 0.328. The summed E-state index contributed by atoms with van der Waals surface area (Å²) < 4.78 is 1.07. The first kappa shape index (κ1) is 22.7. The highest BCUT2D eigenvalue weighted by molar-refractivity contribution is 14.1. The summed E-state index contributed by atoms with van der Waals surface area (Å²) in [7, 11) is 0. The van der Waals surface area contributed by atoms with Gasteiger partial charge in [-0.2, -0.15) is 0 Å². The van der Waals surface area contributed by atoms with Gasteiger partial charge in [0, 0.05) is 20.8 Å². The Morgan fingerprint density at radius 3 is 2.34 bits per heavy atom. The number of carbonyl (C=O) groups excluding carboxylic acids is 2. The van der Waals surface area contributed by atoms with E-state index in [1.807, 2.05) is 72.8 Å². The van der Waals surface area contributed by atoms with Crippen LogP contribution in [0.3, 0.4) is 0 Å². The number of nitrogens with one attached hydrogen (secondary N) is 1. The molecular weight excluding hydrogens is 557 g/mol. The minimum atomic E-state index is -0.733. The highest BCUT2D eigenvalue weighted by atomic mass is 127. The summed E-state index contributed by atoms with van der Waals surface area (Å²) in [5.74, 6) is -0.488. The molecule has 1 aliphatic heterocycles. The van der Waals surface area contributed by atoms with Gasteiger partial charge in [0.05, 0.1) is 12.1 Å². The Balaban J connectivity index is 1.60. The molecule has 3 aromatic rings. The molecule has 0 spiro atoms. The molecule has 1 atom stereocenters. The van der Waals surface area contributed by atoms with Crippen LogP contribution in [0, 0.1) is 3.57 Å². The second kappa shape index (κ2) is 9.97. The van der Waals surface area contributed by atoms with Crippen LogP contribution in [0.5, 0.6) is 0 Å². The van der Waals surface area contributed by atoms with Gasteiger partial charge >= 0.3 is 0 Å². The van der Waals surface area contributed by atoms with Crippen molar-refractivity contribution in [1.82, 2.24) is 4.90 Å². The standard InChI is InChI=1S/C24H19ClIN3O2S/c25-20-9-5-4-6-16(20)15-28-21(14-22(30)27-18-12-10-17(26)11-13-18)23(31)29(24(28)32)19-7-2-1-3-8-19/h1-13,21H,14-15H2,(H,27,30)/t21-/m0/s1. The smallest absolute Gasteiger partial charge is 0.256 e. The third-order valence-electron chi connectivity index (χ3n) is 5.14. The minimum Gasteiger partial charge on any atom is -0.332 e. The van der Waals surface area contributed by atoms with Crippen LogP contribution >= 0.6 is 46.4 Å². The maximum absolute atomic E-state index is 13.4. The van der Waals surface area contributed by atoms with Crippen LogP contribution in [-0.4, -0.2) is 27.9 Å². The number of para-hydroxylation sites is 1. The van der Waals surface area contributed by atoms with E-state index in [2.05, 4.69) is 27.9 Å². The average molecular weight is 576 g/mol. The summed E-state index contributed by atoms with van der Waals surface area (Å²) in [4.78, 5) is 29.5. The van der Waals surface area contributed by atoms with Gasteiger partial charge in [0.2, 0.25) is 5.91 Å². The molecule has 1 N–H and O–H groups in total. The molecule has 1 aliphatic rings. The number of hydrogen-bond donors (Lipinski definition) is 1. The molecule has 0 aliphatic carbocycles. The largest absolute Gasteiger partial charge is 0.332 e. The molecule has 8 heteroatoms. The van der Waals surface area contributed by atoms with E-state index in [0.29, 0.717) is 28.1 Å². The van der Waals surface area contributed by atoms with Crippen molar-refractivity contribution in [3.05, 3.63) is 93.0 Å². The third kappa shape index (κ3) is 4.95. The lowest BCUT2D eigenvalue weighted by molar-refractivity contribution is -0.124. The van der Waals surface area contributed by atoms with Crippen molar-refractivity contribution in [1.29, 1.82) is 0 Å². The lowest BCUT2D eigenvalue weighted by Gasteiger charge is -2.24. The normalized spacial score (nSPS) is 15.9. The zero-order valence-electron chi connectivity index (χ0n) is 16.9. The summed E-state index contributed by atoms with van der Waals surface area (Å²) in [5, 5.41) is 3.81. The second-order valence-corrected chi connectivity index (χ2v) is 9.30. The van der Waals surface area contributed by atoms with Crippen molar-refractivity contribution in [2.24, 2.45) is 0 Å². The number of benzene rings is 3. The molecule has 162 valence electrons. The van der Waals surface area contributed by atoms with Crippen molar-refractivity contribution in [2.45, 2.75) is 19.0 Å². The van der Waals surface area contributed by atoms with Crippen LogP contribution in [0.1, 0.15) is 12.0 Å². The van der Waals surface area contributed by atoms with Crippen LogP contribution < -0.4 is 10.2 Å². The Bertz CT molecular complexity index is 1160. The maximum Gasteiger partial charge on any atom is 0.256 e. The molecule has 0 unspecified atom stereocenters. The van der Waals surface area contributed by atoms with Crippen molar-refractivity contribution in [3.63, 3.8) is 0 Å². The van der Waals surface area contributed by atoms with Crippen LogP contribution in [0.2, 0.25) is 5.02 Å². The predicted octanol–water partition coefficient (Wildman–Crippen LogP) is 5.48. The number of carbonyl (C=O) groups is 2. The zero-order valence-corrected chi connectivity index (χ0v) is 20.6. The first-order valence-electron chi connectivity index (χ1n) is 9.92. The first-order chi connectivity index (χ1) is 15.4. The molecule has 0 aromatic heterocycles. The van der Waals surface area contributed by atoms with E-state index in [1.165, 1.54) is 4.90 Å². The Hall–Kier alpha value is -2.49. The van der Waals surface area contributed by atoms with E-state index < -0.39 is 6.04 Å². The van der Waals surface area contributed by atoms with Crippen LogP contribution in [0.4, 0.5) is 11.4 Å². The molecule has 1 heterocycles. The highest BCUT2D eigenvalue weighted by Gasteiger charge is 2.44. The predicted molar refractivity (Wildman–Crippen MR) is 140 cm³/mol. The molecule has 1 fully saturated rings. The van der Waals surface area contributed by atoms with Crippen molar-refractivity contribution >= 4 is 74.7 Å². The fourth-order valence-electron chi connectivity index (χ4n) is 3.56. The van der Waals surface area contributed by atoms with Gasteiger partial charge in [0.25, 0.3) is 5.91 Å². The molecular formula is C24H19ClIN3O2S. The lowest BCUT2D eigenvalue weighted by Crippen LogP contribution is -2.37. The van der Waals surface area contributed by atoms with Gasteiger partial charge in [0.15, 0.2) is 5.11 Å². The van der Waals surface area contributed by atoms with E-state index in [0.717, 1.165) is 9.13 Å². The van der Waals surface area contributed by atoms with E-state index >= 15 is 0 Å². The SMILES string of the molecule is O=C(C[C@H]1C(=O)N(c2ccccc2)C(=S)N1Cc1ccccc1Cl)Nc1ccc(I)cc1. The fourth-order valence-corrected chi connectivity index (χ4v) is 4.50. The summed E-state index contributed by atoms with van der Waals surface area (Å²) in [5.41, 5.74) is 2.19. The molecule has 0 radical (unpaired) electrons. The molecule has 5 nitrogen and oxygen atoms in total. The third-order valence-corrected chi connectivity index (χ3v) is 6.64. The van der Waals surface area contributed by atoms with Gasteiger partial charge in [-0.15, -0.1) is 0 Å². The first-order valence-corrected chi connectivity index (χ1v) is 11.8. The molecule has 4 rings (SSSR count). The molecule has 0 bridgehead atoms. The minimum absolute atomic E-state index is 0.0290. The van der Waals surface area contributed by atoms with Gasteiger partial charge in [-0.05, 0) is 82.8 Å². The van der Waals surface area contributed by atoms with E-state index in [9.17, 15) is 9.59 Å². The Morgan fingerprint density at radius 2 is 1.66 bits per heavy atom. The van der Waals surface area contributed by atoms with Crippen molar-refractivity contribution < 1.29 is 9.59 Å².